The highest BCUT2D eigenvalue weighted by Gasteiger charge is 2.23. The van der Waals surface area contributed by atoms with Gasteiger partial charge in [-0.3, -0.25) is 4.21 Å². The molecule has 2 atom stereocenters. The molecule has 1 saturated carbocycles. The Kier molecular flexibility index (Phi) is 4.68. The SMILES string of the molecule is C[C@H](CC1CC1)Nc1ccc(Cl)c(C[S@](C)=O)c1. The van der Waals surface area contributed by atoms with E-state index in [0.717, 1.165) is 17.2 Å². The van der Waals surface area contributed by atoms with Gasteiger partial charge in [-0.2, -0.15) is 0 Å². The largest absolute Gasteiger partial charge is 0.383 e. The van der Waals surface area contributed by atoms with Gasteiger partial charge in [0, 0.05) is 39.6 Å². The Morgan fingerprint density at radius 2 is 2.22 bits per heavy atom. The first-order valence-corrected chi connectivity index (χ1v) is 8.50. The van der Waals surface area contributed by atoms with Crippen LogP contribution in [0.2, 0.25) is 5.02 Å². The molecule has 0 radical (unpaired) electrons. The van der Waals surface area contributed by atoms with Gasteiger partial charge >= 0.3 is 0 Å². The van der Waals surface area contributed by atoms with E-state index in [-0.39, 0.29) is 0 Å². The van der Waals surface area contributed by atoms with Crippen LogP contribution >= 0.6 is 11.6 Å². The number of hydrogen-bond acceptors (Lipinski definition) is 2. The van der Waals surface area contributed by atoms with Crippen molar-refractivity contribution in [3.63, 3.8) is 0 Å². The third-order valence-electron chi connectivity index (χ3n) is 3.20. The van der Waals surface area contributed by atoms with E-state index >= 15 is 0 Å². The second kappa shape index (κ2) is 6.07. The van der Waals surface area contributed by atoms with Gasteiger partial charge in [0.2, 0.25) is 0 Å². The van der Waals surface area contributed by atoms with Gasteiger partial charge in [0.1, 0.15) is 0 Å². The van der Waals surface area contributed by atoms with Crippen molar-refractivity contribution in [1.29, 1.82) is 0 Å². The number of nitrogens with one attached hydrogen (secondary N) is 1. The Hall–Kier alpha value is -0.540. The van der Waals surface area contributed by atoms with E-state index < -0.39 is 10.8 Å². The zero-order valence-electron chi connectivity index (χ0n) is 10.9. The molecule has 4 heteroatoms. The highest BCUT2D eigenvalue weighted by atomic mass is 35.5. The smallest absolute Gasteiger partial charge is 0.0498 e. The van der Waals surface area contributed by atoms with Crippen LogP contribution in [0, 0.1) is 5.92 Å². The molecule has 0 bridgehead atoms. The molecule has 1 aromatic carbocycles. The molecule has 2 rings (SSSR count). The summed E-state index contributed by atoms with van der Waals surface area (Å²) in [6.07, 6.45) is 5.70. The van der Waals surface area contributed by atoms with Crippen molar-refractivity contribution < 1.29 is 4.21 Å². The fourth-order valence-electron chi connectivity index (χ4n) is 2.19. The van der Waals surface area contributed by atoms with Crippen LogP contribution in [0.1, 0.15) is 31.7 Å². The average molecular weight is 286 g/mol. The highest BCUT2D eigenvalue weighted by Crippen LogP contribution is 2.34. The monoisotopic (exact) mass is 285 g/mol. The molecule has 2 nitrogen and oxygen atoms in total. The van der Waals surface area contributed by atoms with Gasteiger partial charge in [-0.05, 0) is 43.0 Å². The second-order valence-electron chi connectivity index (χ2n) is 5.25. The zero-order chi connectivity index (χ0) is 13.1. The van der Waals surface area contributed by atoms with Gasteiger partial charge in [0.15, 0.2) is 0 Å². The van der Waals surface area contributed by atoms with E-state index in [4.69, 9.17) is 11.6 Å². The van der Waals surface area contributed by atoms with Crippen LogP contribution in [0.25, 0.3) is 0 Å². The molecule has 0 saturated heterocycles. The van der Waals surface area contributed by atoms with E-state index in [1.165, 1.54) is 19.3 Å². The van der Waals surface area contributed by atoms with Crippen molar-refractivity contribution >= 4 is 28.1 Å². The lowest BCUT2D eigenvalue weighted by Gasteiger charge is -2.16. The highest BCUT2D eigenvalue weighted by molar-refractivity contribution is 7.83. The maximum Gasteiger partial charge on any atom is 0.0498 e. The molecule has 0 aliphatic heterocycles. The molecular weight excluding hydrogens is 266 g/mol. The van der Waals surface area contributed by atoms with Crippen molar-refractivity contribution in [3.05, 3.63) is 28.8 Å². The lowest BCUT2D eigenvalue weighted by atomic mass is 10.1. The molecule has 0 amide bonds. The first-order valence-electron chi connectivity index (χ1n) is 6.39. The number of benzene rings is 1. The topological polar surface area (TPSA) is 29.1 Å². The molecule has 0 aromatic heterocycles. The lowest BCUT2D eigenvalue weighted by Crippen LogP contribution is -2.15. The third kappa shape index (κ3) is 4.29. The van der Waals surface area contributed by atoms with Gasteiger partial charge in [-0.25, -0.2) is 0 Å². The molecule has 1 N–H and O–H groups in total. The summed E-state index contributed by atoms with van der Waals surface area (Å²) < 4.78 is 11.3. The van der Waals surface area contributed by atoms with E-state index in [2.05, 4.69) is 12.2 Å². The molecule has 1 aliphatic carbocycles. The molecule has 1 aromatic rings. The minimum atomic E-state index is -0.859. The van der Waals surface area contributed by atoms with Crippen molar-refractivity contribution in [2.45, 2.75) is 38.0 Å². The predicted octanol–water partition coefficient (Wildman–Crippen LogP) is 3.82. The average Bonchev–Trinajstić information content (AvgIpc) is 3.06. The van der Waals surface area contributed by atoms with Gasteiger partial charge < -0.3 is 5.32 Å². The van der Waals surface area contributed by atoms with Crippen LogP contribution in [0.5, 0.6) is 0 Å². The van der Waals surface area contributed by atoms with Crippen LogP contribution in [0.15, 0.2) is 18.2 Å². The first kappa shape index (κ1) is 13.9. The summed E-state index contributed by atoms with van der Waals surface area (Å²) in [5, 5.41) is 4.20. The van der Waals surface area contributed by atoms with Crippen molar-refractivity contribution in [2.24, 2.45) is 5.92 Å². The van der Waals surface area contributed by atoms with E-state index in [9.17, 15) is 4.21 Å². The molecule has 0 unspecified atom stereocenters. The number of halogens is 1. The summed E-state index contributed by atoms with van der Waals surface area (Å²) >= 11 is 6.11. The third-order valence-corrected chi connectivity index (χ3v) is 4.29. The van der Waals surface area contributed by atoms with E-state index in [0.29, 0.717) is 16.8 Å². The van der Waals surface area contributed by atoms with Crippen molar-refractivity contribution in [3.8, 4) is 0 Å². The second-order valence-corrected chi connectivity index (χ2v) is 7.09. The van der Waals surface area contributed by atoms with Crippen LogP contribution in [0.3, 0.4) is 0 Å². The summed E-state index contributed by atoms with van der Waals surface area (Å²) in [6.45, 7) is 2.21. The summed E-state index contributed by atoms with van der Waals surface area (Å²) in [7, 11) is -0.859. The Morgan fingerprint density at radius 1 is 1.50 bits per heavy atom. The van der Waals surface area contributed by atoms with Crippen molar-refractivity contribution in [2.75, 3.05) is 11.6 Å². The molecule has 0 spiro atoms. The molecule has 1 fully saturated rings. The van der Waals surface area contributed by atoms with Crippen molar-refractivity contribution in [1.82, 2.24) is 0 Å². The minimum absolute atomic E-state index is 0.485. The van der Waals surface area contributed by atoms with Gasteiger partial charge in [-0.1, -0.05) is 24.4 Å². The summed E-state index contributed by atoms with van der Waals surface area (Å²) in [5.41, 5.74) is 2.04. The quantitative estimate of drug-likeness (QED) is 0.861. The Bertz CT molecular complexity index is 445. The summed E-state index contributed by atoms with van der Waals surface area (Å²) in [6, 6.07) is 6.38. The fourth-order valence-corrected chi connectivity index (χ4v) is 3.13. The maximum absolute atomic E-state index is 11.3. The Balaban J connectivity index is 2.00. The lowest BCUT2D eigenvalue weighted by molar-refractivity contribution is 0.642. The molecule has 0 heterocycles. The van der Waals surface area contributed by atoms with Gasteiger partial charge in [0.25, 0.3) is 0 Å². The molecule has 1 aliphatic rings. The van der Waals surface area contributed by atoms with Crippen LogP contribution in [0.4, 0.5) is 5.69 Å². The normalized spacial score (nSPS) is 18.4. The maximum atomic E-state index is 11.3. The number of anilines is 1. The molecule has 100 valence electrons. The predicted molar refractivity (Wildman–Crippen MR) is 79.6 cm³/mol. The Labute approximate surface area is 117 Å². The Morgan fingerprint density at radius 3 is 2.83 bits per heavy atom. The number of rotatable bonds is 6. The minimum Gasteiger partial charge on any atom is -0.383 e. The molecule has 18 heavy (non-hydrogen) atoms. The van der Waals surface area contributed by atoms with Crippen LogP contribution < -0.4 is 5.32 Å². The van der Waals surface area contributed by atoms with Gasteiger partial charge in [-0.15, -0.1) is 0 Å². The zero-order valence-corrected chi connectivity index (χ0v) is 12.5. The van der Waals surface area contributed by atoms with Gasteiger partial charge in [0.05, 0.1) is 0 Å². The first-order chi connectivity index (χ1) is 8.54. The van der Waals surface area contributed by atoms with E-state index in [1.54, 1.807) is 6.26 Å². The van der Waals surface area contributed by atoms with Crippen LogP contribution in [-0.2, 0) is 16.6 Å². The summed E-state index contributed by atoms with van der Waals surface area (Å²) in [4.78, 5) is 0. The fraction of sp³-hybridized carbons (Fsp3) is 0.571. The van der Waals surface area contributed by atoms with E-state index in [1.807, 2.05) is 18.2 Å². The van der Waals surface area contributed by atoms with Crippen LogP contribution in [-0.4, -0.2) is 16.5 Å². The summed E-state index contributed by atoms with van der Waals surface area (Å²) in [5.74, 6) is 1.44. The molecular formula is C14H20ClNOS. The standard InChI is InChI=1S/C14H20ClNOS/c1-10(7-11-3-4-11)16-13-5-6-14(15)12(8-13)9-18(2)17/h5-6,8,10-11,16H,3-4,7,9H2,1-2H3/t10-,18+/m1/s1. The number of hydrogen-bond donors (Lipinski definition) is 1.